The number of nitrogens with one attached hydrogen (secondary N) is 1. The van der Waals surface area contributed by atoms with Gasteiger partial charge in [0.1, 0.15) is 5.75 Å². The summed E-state index contributed by atoms with van der Waals surface area (Å²) < 4.78 is 6.95. The molecule has 1 aromatic rings. The van der Waals surface area contributed by atoms with Crippen molar-refractivity contribution in [3.05, 3.63) is 27.7 Å². The van der Waals surface area contributed by atoms with E-state index in [1.54, 1.807) is 0 Å². The fourth-order valence-corrected chi connectivity index (χ4v) is 5.17. The van der Waals surface area contributed by atoms with Crippen molar-refractivity contribution in [1.82, 2.24) is 5.43 Å². The number of hydrogen-bond donors (Lipinski definition) is 2. The Labute approximate surface area is 139 Å². The van der Waals surface area contributed by atoms with E-state index in [0.29, 0.717) is 6.04 Å². The SMILES string of the molecule is NNC(CSC1CCCC1)Cc1cc(Br)cc2c1OCC2. The van der Waals surface area contributed by atoms with Crippen molar-refractivity contribution in [3.8, 4) is 5.75 Å². The second-order valence-electron chi connectivity index (χ2n) is 5.96. The van der Waals surface area contributed by atoms with Gasteiger partial charge in [0.05, 0.1) is 6.61 Å². The first-order valence-electron chi connectivity index (χ1n) is 7.78. The van der Waals surface area contributed by atoms with E-state index in [1.165, 1.54) is 36.8 Å². The highest BCUT2D eigenvalue weighted by Crippen LogP contribution is 2.35. The summed E-state index contributed by atoms with van der Waals surface area (Å²) in [4.78, 5) is 0. The van der Waals surface area contributed by atoms with Crippen LogP contribution in [0.15, 0.2) is 16.6 Å². The van der Waals surface area contributed by atoms with Gasteiger partial charge < -0.3 is 4.74 Å². The van der Waals surface area contributed by atoms with Gasteiger partial charge >= 0.3 is 0 Å². The second kappa shape index (κ2) is 7.36. The van der Waals surface area contributed by atoms with Crippen molar-refractivity contribution in [2.24, 2.45) is 5.84 Å². The van der Waals surface area contributed by atoms with E-state index in [1.807, 2.05) is 0 Å². The van der Waals surface area contributed by atoms with Crippen molar-refractivity contribution >= 4 is 27.7 Å². The summed E-state index contributed by atoms with van der Waals surface area (Å²) in [6.45, 7) is 0.802. The first-order chi connectivity index (χ1) is 10.3. The van der Waals surface area contributed by atoms with Crippen LogP contribution in [-0.4, -0.2) is 23.7 Å². The van der Waals surface area contributed by atoms with Crippen LogP contribution < -0.4 is 16.0 Å². The van der Waals surface area contributed by atoms with E-state index in [2.05, 4.69) is 45.3 Å². The molecule has 1 fully saturated rings. The average molecular weight is 371 g/mol. The minimum Gasteiger partial charge on any atom is -0.493 e. The Morgan fingerprint density at radius 3 is 2.95 bits per heavy atom. The maximum atomic E-state index is 5.81. The van der Waals surface area contributed by atoms with Crippen LogP contribution in [0.1, 0.15) is 36.8 Å². The number of hydrogen-bond acceptors (Lipinski definition) is 4. The van der Waals surface area contributed by atoms with Gasteiger partial charge in [-0.2, -0.15) is 11.8 Å². The normalized spacial score (nSPS) is 19.5. The standard InChI is InChI=1S/C16H23BrN2OS/c17-13-7-11-5-6-20-16(11)12(8-13)9-14(19-18)10-21-15-3-1-2-4-15/h7-8,14-15,19H,1-6,9-10,18H2. The fraction of sp³-hybridized carbons (Fsp3) is 0.625. The summed E-state index contributed by atoms with van der Waals surface area (Å²) in [7, 11) is 0. The van der Waals surface area contributed by atoms with Crippen molar-refractivity contribution < 1.29 is 4.74 Å². The highest BCUT2D eigenvalue weighted by atomic mass is 79.9. The number of ether oxygens (including phenoxy) is 1. The molecule has 1 aliphatic carbocycles. The van der Waals surface area contributed by atoms with Crippen molar-refractivity contribution in [1.29, 1.82) is 0 Å². The minimum absolute atomic E-state index is 0.304. The third kappa shape index (κ3) is 3.95. The number of rotatable bonds is 6. The van der Waals surface area contributed by atoms with Crippen LogP contribution in [0.3, 0.4) is 0 Å². The van der Waals surface area contributed by atoms with Crippen LogP contribution >= 0.6 is 27.7 Å². The van der Waals surface area contributed by atoms with Crippen molar-refractivity contribution in [3.63, 3.8) is 0 Å². The molecule has 21 heavy (non-hydrogen) atoms. The minimum atomic E-state index is 0.304. The maximum absolute atomic E-state index is 5.81. The molecule has 3 rings (SSSR count). The Bertz CT molecular complexity index is 491. The molecular weight excluding hydrogens is 348 g/mol. The van der Waals surface area contributed by atoms with Gasteiger partial charge in [-0.3, -0.25) is 11.3 Å². The maximum Gasteiger partial charge on any atom is 0.125 e. The third-order valence-corrected chi connectivity index (χ3v) is 6.36. The van der Waals surface area contributed by atoms with Crippen molar-refractivity contribution in [2.45, 2.75) is 49.8 Å². The Morgan fingerprint density at radius 1 is 1.38 bits per heavy atom. The highest BCUT2D eigenvalue weighted by Gasteiger charge is 2.21. The predicted molar refractivity (Wildman–Crippen MR) is 92.9 cm³/mol. The number of nitrogens with two attached hydrogens (primary N) is 1. The molecule has 1 saturated carbocycles. The van der Waals surface area contributed by atoms with E-state index in [4.69, 9.17) is 10.6 Å². The van der Waals surface area contributed by atoms with E-state index in [9.17, 15) is 0 Å². The lowest BCUT2D eigenvalue weighted by molar-refractivity contribution is 0.352. The van der Waals surface area contributed by atoms with Gasteiger partial charge in [-0.15, -0.1) is 0 Å². The molecule has 1 atom stereocenters. The summed E-state index contributed by atoms with van der Waals surface area (Å²) >= 11 is 5.69. The van der Waals surface area contributed by atoms with Gasteiger partial charge in [-0.25, -0.2) is 0 Å². The molecule has 0 aromatic heterocycles. The van der Waals surface area contributed by atoms with Gasteiger partial charge in [-0.05, 0) is 42.5 Å². The van der Waals surface area contributed by atoms with Crippen LogP contribution in [0, 0.1) is 0 Å². The van der Waals surface area contributed by atoms with Crippen LogP contribution in [0.25, 0.3) is 0 Å². The van der Waals surface area contributed by atoms with Crippen LogP contribution in [-0.2, 0) is 12.8 Å². The van der Waals surface area contributed by atoms with E-state index >= 15 is 0 Å². The van der Waals surface area contributed by atoms with Gasteiger partial charge in [0.25, 0.3) is 0 Å². The predicted octanol–water partition coefficient (Wildman–Crippen LogP) is 3.43. The molecule has 1 aromatic carbocycles. The lowest BCUT2D eigenvalue weighted by atomic mass is 10.0. The van der Waals surface area contributed by atoms with Gasteiger partial charge in [0.2, 0.25) is 0 Å². The fourth-order valence-electron chi connectivity index (χ4n) is 3.24. The molecule has 1 aliphatic heterocycles. The Morgan fingerprint density at radius 2 is 2.19 bits per heavy atom. The molecule has 116 valence electrons. The number of benzene rings is 1. The van der Waals surface area contributed by atoms with Crippen LogP contribution in [0.4, 0.5) is 0 Å². The average Bonchev–Trinajstić information content (AvgIpc) is 3.13. The molecule has 3 nitrogen and oxygen atoms in total. The molecule has 1 unspecified atom stereocenters. The van der Waals surface area contributed by atoms with Gasteiger partial charge in [0.15, 0.2) is 0 Å². The van der Waals surface area contributed by atoms with Gasteiger partial charge in [-0.1, -0.05) is 28.8 Å². The molecule has 1 heterocycles. The highest BCUT2D eigenvalue weighted by molar-refractivity contribution is 9.10. The van der Waals surface area contributed by atoms with E-state index in [-0.39, 0.29) is 0 Å². The molecule has 3 N–H and O–H groups in total. The molecule has 0 spiro atoms. The zero-order valence-electron chi connectivity index (χ0n) is 12.2. The van der Waals surface area contributed by atoms with Crippen LogP contribution in [0.5, 0.6) is 5.75 Å². The molecule has 0 radical (unpaired) electrons. The Kier molecular flexibility index (Phi) is 5.49. The van der Waals surface area contributed by atoms with E-state index < -0.39 is 0 Å². The molecule has 5 heteroatoms. The monoisotopic (exact) mass is 370 g/mol. The lowest BCUT2D eigenvalue weighted by Crippen LogP contribution is -2.39. The number of fused-ring (bicyclic) bond motifs is 1. The molecule has 0 saturated heterocycles. The molecule has 0 amide bonds. The van der Waals surface area contributed by atoms with E-state index in [0.717, 1.165) is 40.7 Å². The second-order valence-corrected chi connectivity index (χ2v) is 8.21. The summed E-state index contributed by atoms with van der Waals surface area (Å²) in [5.74, 6) is 7.93. The lowest BCUT2D eigenvalue weighted by Gasteiger charge is -2.19. The quantitative estimate of drug-likeness (QED) is 0.594. The molecular formula is C16H23BrN2OS. The molecule has 2 aliphatic rings. The number of thioether (sulfide) groups is 1. The first-order valence-corrected chi connectivity index (χ1v) is 9.62. The van der Waals surface area contributed by atoms with Crippen molar-refractivity contribution in [2.75, 3.05) is 12.4 Å². The first kappa shape index (κ1) is 15.7. The number of halogens is 1. The summed E-state index contributed by atoms with van der Waals surface area (Å²) in [5, 5.41) is 0.838. The Balaban J connectivity index is 1.63. The summed E-state index contributed by atoms with van der Waals surface area (Å²) in [6, 6.07) is 4.65. The zero-order chi connectivity index (χ0) is 14.7. The zero-order valence-corrected chi connectivity index (χ0v) is 14.6. The topological polar surface area (TPSA) is 47.3 Å². The summed E-state index contributed by atoms with van der Waals surface area (Å²) in [5.41, 5.74) is 5.58. The smallest absolute Gasteiger partial charge is 0.125 e. The summed E-state index contributed by atoms with van der Waals surface area (Å²) in [6.07, 6.45) is 7.47. The largest absolute Gasteiger partial charge is 0.493 e. The number of hydrazine groups is 1. The molecule has 0 bridgehead atoms. The van der Waals surface area contributed by atoms with Gasteiger partial charge in [0, 0.05) is 27.9 Å². The Hall–Kier alpha value is -0.230. The third-order valence-electron chi connectivity index (χ3n) is 4.36. The van der Waals surface area contributed by atoms with Crippen LogP contribution in [0.2, 0.25) is 0 Å².